The van der Waals surface area contributed by atoms with Gasteiger partial charge in [0.1, 0.15) is 0 Å². The Balaban J connectivity index is 1.94. The summed E-state index contributed by atoms with van der Waals surface area (Å²) in [5.74, 6) is 0.916. The van der Waals surface area contributed by atoms with Gasteiger partial charge in [-0.2, -0.15) is 5.10 Å². The molecule has 88 valence electrons. The zero-order valence-electron chi connectivity index (χ0n) is 9.59. The third-order valence-corrected chi connectivity index (χ3v) is 2.69. The first kappa shape index (κ1) is 11.3. The third-order valence-electron chi connectivity index (χ3n) is 2.69. The standard InChI is InChI=1S/C11H18N4O/c1-2-15(11-4-3-5-13-14-11)9-10-8-12-6-7-16-10/h3-5,10,12H,2,6-9H2,1H3/t10-/m0/s1. The Morgan fingerprint density at radius 3 is 3.19 bits per heavy atom. The fourth-order valence-electron chi connectivity index (χ4n) is 1.83. The zero-order valence-corrected chi connectivity index (χ0v) is 9.59. The average Bonchev–Trinajstić information content (AvgIpc) is 2.38. The number of hydrogen-bond donors (Lipinski definition) is 1. The molecule has 1 N–H and O–H groups in total. The normalized spacial score (nSPS) is 20.7. The smallest absolute Gasteiger partial charge is 0.151 e. The molecule has 0 unspecified atom stereocenters. The maximum absolute atomic E-state index is 5.68. The molecular formula is C11H18N4O. The van der Waals surface area contributed by atoms with Gasteiger partial charge in [-0.1, -0.05) is 0 Å². The number of rotatable bonds is 4. The van der Waals surface area contributed by atoms with E-state index in [-0.39, 0.29) is 6.10 Å². The fourth-order valence-corrected chi connectivity index (χ4v) is 1.83. The van der Waals surface area contributed by atoms with Crippen LogP contribution in [0.3, 0.4) is 0 Å². The number of hydrogen-bond acceptors (Lipinski definition) is 5. The number of likely N-dealkylation sites (N-methyl/N-ethyl adjacent to an activating group) is 1. The van der Waals surface area contributed by atoms with Crippen LogP contribution < -0.4 is 10.2 Å². The molecule has 1 aromatic heterocycles. The molecule has 16 heavy (non-hydrogen) atoms. The van der Waals surface area contributed by atoms with Crippen LogP contribution in [-0.4, -0.2) is 49.1 Å². The van der Waals surface area contributed by atoms with E-state index in [4.69, 9.17) is 4.74 Å². The quantitative estimate of drug-likeness (QED) is 0.793. The van der Waals surface area contributed by atoms with Crippen LogP contribution in [0.25, 0.3) is 0 Å². The highest BCUT2D eigenvalue weighted by atomic mass is 16.5. The van der Waals surface area contributed by atoms with Gasteiger partial charge in [0.15, 0.2) is 5.82 Å². The summed E-state index contributed by atoms with van der Waals surface area (Å²) in [4.78, 5) is 2.19. The van der Waals surface area contributed by atoms with Crippen molar-refractivity contribution in [2.75, 3.05) is 37.7 Å². The van der Waals surface area contributed by atoms with E-state index in [0.717, 1.165) is 38.6 Å². The molecule has 1 fully saturated rings. The number of aromatic nitrogens is 2. The van der Waals surface area contributed by atoms with Crippen molar-refractivity contribution < 1.29 is 4.74 Å². The molecule has 0 aliphatic carbocycles. The van der Waals surface area contributed by atoms with Crippen LogP contribution in [0, 0.1) is 0 Å². The lowest BCUT2D eigenvalue weighted by Crippen LogP contribution is -2.45. The lowest BCUT2D eigenvalue weighted by atomic mass is 10.2. The lowest BCUT2D eigenvalue weighted by molar-refractivity contribution is 0.0334. The molecule has 5 nitrogen and oxygen atoms in total. The maximum atomic E-state index is 5.68. The number of nitrogens with zero attached hydrogens (tertiary/aromatic N) is 3. The lowest BCUT2D eigenvalue weighted by Gasteiger charge is -2.29. The van der Waals surface area contributed by atoms with Crippen molar-refractivity contribution in [1.82, 2.24) is 15.5 Å². The Bertz CT molecular complexity index is 300. The first-order chi connectivity index (χ1) is 7.90. The van der Waals surface area contributed by atoms with Gasteiger partial charge in [-0.05, 0) is 19.1 Å². The Morgan fingerprint density at radius 2 is 2.56 bits per heavy atom. The molecular weight excluding hydrogens is 204 g/mol. The van der Waals surface area contributed by atoms with Crippen molar-refractivity contribution in [3.63, 3.8) is 0 Å². The van der Waals surface area contributed by atoms with Gasteiger partial charge in [0.2, 0.25) is 0 Å². The summed E-state index contributed by atoms with van der Waals surface area (Å²) in [7, 11) is 0. The molecule has 0 bridgehead atoms. The summed E-state index contributed by atoms with van der Waals surface area (Å²) < 4.78 is 5.68. The van der Waals surface area contributed by atoms with Gasteiger partial charge in [-0.25, -0.2) is 0 Å². The van der Waals surface area contributed by atoms with Crippen molar-refractivity contribution in [3.05, 3.63) is 18.3 Å². The number of morpholine rings is 1. The number of nitrogens with one attached hydrogen (secondary N) is 1. The summed E-state index contributed by atoms with van der Waals surface area (Å²) in [6.07, 6.45) is 1.94. The Labute approximate surface area is 95.8 Å². The summed E-state index contributed by atoms with van der Waals surface area (Å²) in [5, 5.41) is 11.3. The van der Waals surface area contributed by atoms with Crippen LogP contribution in [-0.2, 0) is 4.74 Å². The highest BCUT2D eigenvalue weighted by molar-refractivity contribution is 5.36. The van der Waals surface area contributed by atoms with E-state index in [0.29, 0.717) is 0 Å². The summed E-state index contributed by atoms with van der Waals surface area (Å²) in [6.45, 7) is 6.55. The van der Waals surface area contributed by atoms with Crippen LogP contribution >= 0.6 is 0 Å². The predicted octanol–water partition coefficient (Wildman–Crippen LogP) is 0.291. The predicted molar refractivity (Wildman–Crippen MR) is 62.5 cm³/mol. The molecule has 1 aliphatic heterocycles. The Hall–Kier alpha value is -1.20. The second kappa shape index (κ2) is 5.77. The molecule has 1 atom stereocenters. The van der Waals surface area contributed by atoms with Crippen LogP contribution in [0.4, 0.5) is 5.82 Å². The second-order valence-electron chi connectivity index (χ2n) is 3.82. The summed E-state index contributed by atoms with van der Waals surface area (Å²) in [6, 6.07) is 3.89. The van der Waals surface area contributed by atoms with E-state index in [1.54, 1.807) is 6.20 Å². The first-order valence-corrected chi connectivity index (χ1v) is 5.75. The topological polar surface area (TPSA) is 50.3 Å². The van der Waals surface area contributed by atoms with Gasteiger partial charge < -0.3 is 15.0 Å². The van der Waals surface area contributed by atoms with Crippen LogP contribution in [0.5, 0.6) is 0 Å². The van der Waals surface area contributed by atoms with Gasteiger partial charge >= 0.3 is 0 Å². The highest BCUT2D eigenvalue weighted by Crippen LogP contribution is 2.09. The van der Waals surface area contributed by atoms with Gasteiger partial charge in [0, 0.05) is 32.4 Å². The van der Waals surface area contributed by atoms with Crippen LogP contribution in [0.15, 0.2) is 18.3 Å². The van der Waals surface area contributed by atoms with Crippen LogP contribution in [0.2, 0.25) is 0 Å². The molecule has 2 heterocycles. The van der Waals surface area contributed by atoms with E-state index < -0.39 is 0 Å². The average molecular weight is 222 g/mol. The molecule has 1 aliphatic rings. The monoisotopic (exact) mass is 222 g/mol. The Morgan fingerprint density at radius 1 is 1.62 bits per heavy atom. The molecule has 0 saturated carbocycles. The van der Waals surface area contributed by atoms with E-state index >= 15 is 0 Å². The Kier molecular flexibility index (Phi) is 4.07. The van der Waals surface area contributed by atoms with Crippen molar-refractivity contribution in [3.8, 4) is 0 Å². The van der Waals surface area contributed by atoms with Crippen molar-refractivity contribution in [2.45, 2.75) is 13.0 Å². The van der Waals surface area contributed by atoms with E-state index in [2.05, 4.69) is 27.3 Å². The SMILES string of the molecule is CCN(C[C@@H]1CNCCO1)c1cccnn1. The number of anilines is 1. The van der Waals surface area contributed by atoms with Gasteiger partial charge in [-0.15, -0.1) is 5.10 Å². The van der Waals surface area contributed by atoms with Crippen molar-refractivity contribution in [2.24, 2.45) is 0 Å². The van der Waals surface area contributed by atoms with Gasteiger partial charge in [-0.3, -0.25) is 0 Å². The molecule has 2 rings (SSSR count). The highest BCUT2D eigenvalue weighted by Gasteiger charge is 2.17. The fraction of sp³-hybridized carbons (Fsp3) is 0.636. The zero-order chi connectivity index (χ0) is 11.2. The maximum Gasteiger partial charge on any atom is 0.151 e. The first-order valence-electron chi connectivity index (χ1n) is 5.75. The van der Waals surface area contributed by atoms with Crippen molar-refractivity contribution in [1.29, 1.82) is 0 Å². The molecule has 0 amide bonds. The minimum atomic E-state index is 0.246. The molecule has 0 radical (unpaired) electrons. The summed E-state index contributed by atoms with van der Waals surface area (Å²) in [5.41, 5.74) is 0. The van der Waals surface area contributed by atoms with Crippen molar-refractivity contribution >= 4 is 5.82 Å². The minimum absolute atomic E-state index is 0.246. The van der Waals surface area contributed by atoms with E-state index in [9.17, 15) is 0 Å². The van der Waals surface area contributed by atoms with Crippen LogP contribution in [0.1, 0.15) is 6.92 Å². The van der Waals surface area contributed by atoms with Gasteiger partial charge in [0.25, 0.3) is 0 Å². The summed E-state index contributed by atoms with van der Waals surface area (Å²) >= 11 is 0. The van der Waals surface area contributed by atoms with E-state index in [1.165, 1.54) is 0 Å². The van der Waals surface area contributed by atoms with Gasteiger partial charge in [0.05, 0.1) is 12.7 Å². The number of ether oxygens (including phenoxy) is 1. The molecule has 0 aromatic carbocycles. The molecule has 1 aromatic rings. The molecule has 0 spiro atoms. The minimum Gasteiger partial charge on any atom is -0.374 e. The third kappa shape index (κ3) is 2.90. The van der Waals surface area contributed by atoms with E-state index in [1.807, 2.05) is 12.1 Å². The largest absolute Gasteiger partial charge is 0.374 e. The molecule has 5 heteroatoms. The molecule has 1 saturated heterocycles. The second-order valence-corrected chi connectivity index (χ2v) is 3.82.